The number of nitrogens with one attached hydrogen (secondary N) is 1. The van der Waals surface area contributed by atoms with Crippen LogP contribution in [0, 0.1) is 0 Å². The lowest BCUT2D eigenvalue weighted by molar-refractivity contribution is 0.378. The summed E-state index contributed by atoms with van der Waals surface area (Å²) in [6.07, 6.45) is 4.96. The third kappa shape index (κ3) is 1.98. The van der Waals surface area contributed by atoms with E-state index in [1.165, 1.54) is 24.6 Å². The molecule has 1 fully saturated rings. The monoisotopic (exact) mass is 215 g/mol. The molecule has 0 unspecified atom stereocenters. The molecule has 0 aliphatic carbocycles. The molecule has 1 aromatic heterocycles. The van der Waals surface area contributed by atoms with Crippen LogP contribution in [0.2, 0.25) is 0 Å². The maximum atomic E-state index is 5.83. The van der Waals surface area contributed by atoms with Gasteiger partial charge >= 0.3 is 0 Å². The predicted octanol–water partition coefficient (Wildman–Crippen LogP) is 3.12. The van der Waals surface area contributed by atoms with Gasteiger partial charge in [0.25, 0.3) is 0 Å². The van der Waals surface area contributed by atoms with Crippen molar-refractivity contribution >= 4 is 11.0 Å². The highest BCUT2D eigenvalue weighted by Crippen LogP contribution is 2.21. The second-order valence-electron chi connectivity index (χ2n) is 4.60. The van der Waals surface area contributed by atoms with Crippen LogP contribution in [-0.4, -0.2) is 12.6 Å². The number of benzene rings is 1. The van der Waals surface area contributed by atoms with Crippen LogP contribution in [0.15, 0.2) is 34.7 Å². The number of para-hydroxylation sites is 1. The largest absolute Gasteiger partial charge is 0.461 e. The quantitative estimate of drug-likeness (QED) is 0.832. The van der Waals surface area contributed by atoms with Crippen molar-refractivity contribution in [1.82, 2.24) is 5.32 Å². The highest BCUT2D eigenvalue weighted by Gasteiger charge is 2.15. The Kier molecular flexibility index (Phi) is 2.66. The van der Waals surface area contributed by atoms with Gasteiger partial charge in [-0.05, 0) is 31.5 Å². The molecule has 0 bridgehead atoms. The van der Waals surface area contributed by atoms with E-state index in [0.717, 1.165) is 24.3 Å². The fourth-order valence-electron chi connectivity index (χ4n) is 2.48. The van der Waals surface area contributed by atoms with E-state index in [1.54, 1.807) is 0 Å². The molecule has 1 saturated heterocycles. The topological polar surface area (TPSA) is 25.2 Å². The molecule has 0 saturated carbocycles. The SMILES string of the molecule is c1ccc2oc(C[C@H]3CCCCN3)cc2c1. The lowest BCUT2D eigenvalue weighted by Gasteiger charge is -2.22. The Hall–Kier alpha value is -1.28. The fourth-order valence-corrected chi connectivity index (χ4v) is 2.48. The highest BCUT2D eigenvalue weighted by atomic mass is 16.3. The van der Waals surface area contributed by atoms with Crippen molar-refractivity contribution < 1.29 is 4.42 Å². The zero-order valence-corrected chi connectivity index (χ0v) is 9.41. The molecule has 1 aliphatic rings. The van der Waals surface area contributed by atoms with Gasteiger partial charge in [0, 0.05) is 17.8 Å². The first-order valence-electron chi connectivity index (χ1n) is 6.13. The number of piperidine rings is 1. The molecule has 1 aromatic carbocycles. The molecule has 1 N–H and O–H groups in total. The third-order valence-electron chi connectivity index (χ3n) is 3.34. The van der Waals surface area contributed by atoms with Crippen LogP contribution in [0.3, 0.4) is 0 Å². The third-order valence-corrected chi connectivity index (χ3v) is 3.34. The predicted molar refractivity (Wildman–Crippen MR) is 65.6 cm³/mol. The van der Waals surface area contributed by atoms with Gasteiger partial charge in [-0.25, -0.2) is 0 Å². The van der Waals surface area contributed by atoms with Crippen molar-refractivity contribution in [2.75, 3.05) is 6.54 Å². The Labute approximate surface area is 95.6 Å². The van der Waals surface area contributed by atoms with Crippen molar-refractivity contribution in [3.8, 4) is 0 Å². The average Bonchev–Trinajstić information content (AvgIpc) is 2.72. The summed E-state index contributed by atoms with van der Waals surface area (Å²) < 4.78 is 5.83. The van der Waals surface area contributed by atoms with E-state index < -0.39 is 0 Å². The molecule has 84 valence electrons. The fraction of sp³-hybridized carbons (Fsp3) is 0.429. The smallest absolute Gasteiger partial charge is 0.134 e. The number of hydrogen-bond acceptors (Lipinski definition) is 2. The Bertz CT molecular complexity index is 435. The van der Waals surface area contributed by atoms with Crippen LogP contribution < -0.4 is 5.32 Å². The van der Waals surface area contributed by atoms with Crippen molar-refractivity contribution in [2.24, 2.45) is 0 Å². The zero-order chi connectivity index (χ0) is 10.8. The standard InChI is InChI=1S/C14H17NO/c1-2-7-14-11(5-1)9-13(16-14)10-12-6-3-4-8-15-12/h1-2,5,7,9,12,15H,3-4,6,8,10H2/t12-/m1/s1. The Morgan fingerprint density at radius 1 is 1.25 bits per heavy atom. The van der Waals surface area contributed by atoms with Gasteiger partial charge in [0.2, 0.25) is 0 Å². The van der Waals surface area contributed by atoms with E-state index in [1.807, 2.05) is 12.1 Å². The molecule has 2 heterocycles. The molecule has 2 nitrogen and oxygen atoms in total. The van der Waals surface area contributed by atoms with E-state index in [-0.39, 0.29) is 0 Å². The second-order valence-corrected chi connectivity index (χ2v) is 4.60. The molecular weight excluding hydrogens is 198 g/mol. The Morgan fingerprint density at radius 3 is 3.00 bits per heavy atom. The first-order valence-corrected chi connectivity index (χ1v) is 6.13. The second kappa shape index (κ2) is 4.30. The van der Waals surface area contributed by atoms with Crippen LogP contribution >= 0.6 is 0 Å². The molecule has 16 heavy (non-hydrogen) atoms. The van der Waals surface area contributed by atoms with Gasteiger partial charge in [0.05, 0.1) is 0 Å². The number of furan rings is 1. The minimum atomic E-state index is 0.606. The number of rotatable bonds is 2. The molecule has 1 atom stereocenters. The summed E-state index contributed by atoms with van der Waals surface area (Å²) in [5, 5.41) is 4.77. The van der Waals surface area contributed by atoms with Gasteiger partial charge in [-0.2, -0.15) is 0 Å². The maximum absolute atomic E-state index is 5.83. The summed E-state index contributed by atoms with van der Waals surface area (Å²) in [7, 11) is 0. The summed E-state index contributed by atoms with van der Waals surface area (Å²) >= 11 is 0. The van der Waals surface area contributed by atoms with Crippen LogP contribution in [-0.2, 0) is 6.42 Å². The minimum absolute atomic E-state index is 0.606. The Balaban J connectivity index is 1.78. The van der Waals surface area contributed by atoms with E-state index in [2.05, 4.69) is 23.5 Å². The zero-order valence-electron chi connectivity index (χ0n) is 9.41. The van der Waals surface area contributed by atoms with Gasteiger partial charge in [-0.15, -0.1) is 0 Å². The van der Waals surface area contributed by atoms with E-state index in [9.17, 15) is 0 Å². The van der Waals surface area contributed by atoms with Crippen molar-refractivity contribution in [3.05, 3.63) is 36.1 Å². The van der Waals surface area contributed by atoms with E-state index in [4.69, 9.17) is 4.42 Å². The summed E-state index contributed by atoms with van der Waals surface area (Å²) in [5.74, 6) is 1.11. The van der Waals surface area contributed by atoms with Crippen LogP contribution in [0.25, 0.3) is 11.0 Å². The molecule has 2 aromatic rings. The molecule has 1 aliphatic heterocycles. The van der Waals surface area contributed by atoms with E-state index in [0.29, 0.717) is 6.04 Å². The summed E-state index contributed by atoms with van der Waals surface area (Å²) in [6.45, 7) is 1.16. The lowest BCUT2D eigenvalue weighted by Crippen LogP contribution is -2.35. The summed E-state index contributed by atoms with van der Waals surface area (Å²) in [5.41, 5.74) is 1.01. The van der Waals surface area contributed by atoms with Gasteiger partial charge in [0.15, 0.2) is 0 Å². The summed E-state index contributed by atoms with van der Waals surface area (Å²) in [6, 6.07) is 11.0. The highest BCUT2D eigenvalue weighted by molar-refractivity contribution is 5.77. The average molecular weight is 215 g/mol. The van der Waals surface area contributed by atoms with Gasteiger partial charge < -0.3 is 9.73 Å². The number of hydrogen-bond donors (Lipinski definition) is 1. The first kappa shape index (κ1) is 9.91. The van der Waals surface area contributed by atoms with Crippen molar-refractivity contribution in [3.63, 3.8) is 0 Å². The van der Waals surface area contributed by atoms with Crippen molar-refractivity contribution in [2.45, 2.75) is 31.7 Å². The van der Waals surface area contributed by atoms with Crippen LogP contribution in [0.4, 0.5) is 0 Å². The molecule has 2 heteroatoms. The molecular formula is C14H17NO. The van der Waals surface area contributed by atoms with Crippen LogP contribution in [0.5, 0.6) is 0 Å². The molecule has 0 radical (unpaired) electrons. The molecule has 0 amide bonds. The number of fused-ring (bicyclic) bond motifs is 1. The summed E-state index contributed by atoms with van der Waals surface area (Å²) in [4.78, 5) is 0. The lowest BCUT2D eigenvalue weighted by atomic mass is 10.0. The van der Waals surface area contributed by atoms with Gasteiger partial charge in [-0.3, -0.25) is 0 Å². The van der Waals surface area contributed by atoms with Gasteiger partial charge in [-0.1, -0.05) is 24.6 Å². The molecule has 3 rings (SSSR count). The normalized spacial score (nSPS) is 21.4. The van der Waals surface area contributed by atoms with E-state index >= 15 is 0 Å². The van der Waals surface area contributed by atoms with Crippen LogP contribution in [0.1, 0.15) is 25.0 Å². The minimum Gasteiger partial charge on any atom is -0.461 e. The van der Waals surface area contributed by atoms with Crippen molar-refractivity contribution in [1.29, 1.82) is 0 Å². The Morgan fingerprint density at radius 2 is 2.19 bits per heavy atom. The first-order chi connectivity index (χ1) is 7.92. The maximum Gasteiger partial charge on any atom is 0.134 e. The molecule has 0 spiro atoms. The van der Waals surface area contributed by atoms with Gasteiger partial charge in [0.1, 0.15) is 11.3 Å².